The molecular formula is C24H24Cl2N4O4S. The van der Waals surface area contributed by atoms with Crippen LogP contribution in [0, 0.1) is 0 Å². The van der Waals surface area contributed by atoms with Crippen LogP contribution in [0.3, 0.4) is 0 Å². The summed E-state index contributed by atoms with van der Waals surface area (Å²) < 4.78 is 37.5. The number of carbonyl (C=O) groups is 1. The first-order valence-electron chi connectivity index (χ1n) is 10.6. The average molecular weight is 535 g/mol. The lowest BCUT2D eigenvalue weighted by atomic mass is 10.2. The van der Waals surface area contributed by atoms with Crippen molar-refractivity contribution in [1.82, 2.24) is 14.1 Å². The van der Waals surface area contributed by atoms with Crippen molar-refractivity contribution < 1.29 is 17.9 Å². The number of nitrogens with zero attached hydrogens (tertiary/aromatic N) is 4. The normalized spacial score (nSPS) is 12.2. The number of ether oxygens (including phenoxy) is 1. The van der Waals surface area contributed by atoms with Crippen molar-refractivity contribution in [3.63, 3.8) is 0 Å². The van der Waals surface area contributed by atoms with Crippen molar-refractivity contribution in [1.29, 1.82) is 0 Å². The minimum atomic E-state index is -4.22. The molecule has 0 unspecified atom stereocenters. The smallest absolute Gasteiger partial charge is 0.327 e. The van der Waals surface area contributed by atoms with Crippen LogP contribution >= 0.6 is 23.2 Å². The summed E-state index contributed by atoms with van der Waals surface area (Å²) in [6, 6.07) is 11.0. The molecule has 0 aliphatic rings. The minimum absolute atomic E-state index is 0.135. The molecule has 0 spiro atoms. The predicted molar refractivity (Wildman–Crippen MR) is 137 cm³/mol. The SMILES string of the molecule is Cn1cnc(-n2ccc3cc(N(CC(=O)OC(C)(C)C)S(=O)(=O)c4cc(Cl)cc(Cl)c4)ccc32)c1. The van der Waals surface area contributed by atoms with Gasteiger partial charge in [-0.05, 0) is 63.2 Å². The summed E-state index contributed by atoms with van der Waals surface area (Å²) in [6.45, 7) is 4.61. The molecule has 35 heavy (non-hydrogen) atoms. The first-order valence-corrected chi connectivity index (χ1v) is 12.8. The van der Waals surface area contributed by atoms with E-state index in [1.165, 1.54) is 18.2 Å². The number of fused-ring (bicyclic) bond motifs is 1. The molecule has 11 heteroatoms. The summed E-state index contributed by atoms with van der Waals surface area (Å²) in [5.41, 5.74) is 0.335. The summed E-state index contributed by atoms with van der Waals surface area (Å²) in [7, 11) is -2.34. The van der Waals surface area contributed by atoms with Gasteiger partial charge in [-0.15, -0.1) is 0 Å². The molecule has 184 valence electrons. The van der Waals surface area contributed by atoms with E-state index in [1.807, 2.05) is 34.6 Å². The van der Waals surface area contributed by atoms with Crippen LogP contribution in [-0.2, 0) is 26.6 Å². The van der Waals surface area contributed by atoms with E-state index in [0.29, 0.717) is 5.69 Å². The molecule has 0 aliphatic heterocycles. The number of rotatable bonds is 6. The van der Waals surface area contributed by atoms with Crippen molar-refractivity contribution in [2.75, 3.05) is 10.8 Å². The van der Waals surface area contributed by atoms with E-state index in [9.17, 15) is 13.2 Å². The van der Waals surface area contributed by atoms with Gasteiger partial charge in [-0.3, -0.25) is 13.7 Å². The minimum Gasteiger partial charge on any atom is -0.459 e. The van der Waals surface area contributed by atoms with Crippen LogP contribution in [0.2, 0.25) is 10.0 Å². The number of halogens is 2. The Morgan fingerprint density at radius 1 is 1.09 bits per heavy atom. The molecule has 0 saturated heterocycles. The van der Waals surface area contributed by atoms with Gasteiger partial charge >= 0.3 is 5.97 Å². The van der Waals surface area contributed by atoms with E-state index in [-0.39, 0.29) is 14.9 Å². The lowest BCUT2D eigenvalue weighted by Crippen LogP contribution is -2.39. The maximum Gasteiger partial charge on any atom is 0.327 e. The fourth-order valence-electron chi connectivity index (χ4n) is 3.62. The van der Waals surface area contributed by atoms with E-state index in [0.717, 1.165) is 21.0 Å². The Morgan fingerprint density at radius 3 is 2.37 bits per heavy atom. The van der Waals surface area contributed by atoms with Crippen LogP contribution in [-0.4, -0.2) is 40.7 Å². The maximum absolute atomic E-state index is 13.7. The topological polar surface area (TPSA) is 86.4 Å². The third kappa shape index (κ3) is 5.47. The van der Waals surface area contributed by atoms with Crippen LogP contribution in [0.5, 0.6) is 0 Å². The van der Waals surface area contributed by atoms with Gasteiger partial charge < -0.3 is 9.30 Å². The standard InChI is InChI=1S/C24H24Cl2N4O4S/c1-24(2,3)34-23(31)14-30(35(32,33)20-11-17(25)10-18(26)12-20)19-5-6-21-16(9-19)7-8-29(21)22-13-28(4)15-27-22/h5-13,15H,14H2,1-4H3. The number of imidazole rings is 1. The first-order chi connectivity index (χ1) is 16.3. The molecule has 2 aromatic heterocycles. The molecule has 0 bridgehead atoms. The largest absolute Gasteiger partial charge is 0.459 e. The van der Waals surface area contributed by atoms with Crippen LogP contribution in [0.15, 0.2) is 66.1 Å². The van der Waals surface area contributed by atoms with Gasteiger partial charge in [0.05, 0.1) is 22.4 Å². The molecule has 4 aromatic rings. The molecule has 2 heterocycles. The number of hydrogen-bond donors (Lipinski definition) is 0. The molecule has 0 fully saturated rings. The number of benzene rings is 2. The van der Waals surface area contributed by atoms with Crippen LogP contribution < -0.4 is 4.31 Å². The van der Waals surface area contributed by atoms with Gasteiger partial charge in [-0.25, -0.2) is 13.4 Å². The summed E-state index contributed by atoms with van der Waals surface area (Å²) >= 11 is 12.1. The maximum atomic E-state index is 13.7. The second kappa shape index (κ2) is 9.22. The van der Waals surface area contributed by atoms with Gasteiger partial charge in [0.25, 0.3) is 10.0 Å². The molecule has 2 aromatic carbocycles. The molecule has 0 aliphatic carbocycles. The third-order valence-electron chi connectivity index (χ3n) is 5.02. The Labute approximate surface area is 213 Å². The first kappa shape index (κ1) is 25.1. The Hall–Kier alpha value is -3.01. The zero-order chi connectivity index (χ0) is 25.5. The molecule has 0 atom stereocenters. The summed E-state index contributed by atoms with van der Waals surface area (Å²) in [5, 5.41) is 1.09. The van der Waals surface area contributed by atoms with Crippen LogP contribution in [0.1, 0.15) is 20.8 Å². The second-order valence-electron chi connectivity index (χ2n) is 9.03. The Kier molecular flexibility index (Phi) is 6.61. The number of anilines is 1. The molecule has 4 rings (SSSR count). The van der Waals surface area contributed by atoms with Gasteiger partial charge in [0.15, 0.2) is 5.82 Å². The average Bonchev–Trinajstić information content (AvgIpc) is 3.35. The number of aryl methyl sites for hydroxylation is 1. The fraction of sp³-hybridized carbons (Fsp3) is 0.250. The Morgan fingerprint density at radius 2 is 1.77 bits per heavy atom. The quantitative estimate of drug-likeness (QED) is 0.317. The van der Waals surface area contributed by atoms with Gasteiger partial charge in [-0.2, -0.15) is 0 Å². The van der Waals surface area contributed by atoms with Crippen LogP contribution in [0.4, 0.5) is 5.69 Å². The second-order valence-corrected chi connectivity index (χ2v) is 11.8. The van der Waals surface area contributed by atoms with Crippen molar-refractivity contribution in [3.8, 4) is 5.82 Å². The summed E-state index contributed by atoms with van der Waals surface area (Å²) in [5.74, 6) is 0.0300. The number of sulfonamides is 1. The van der Waals surface area contributed by atoms with E-state index in [4.69, 9.17) is 27.9 Å². The lowest BCUT2D eigenvalue weighted by Gasteiger charge is -2.26. The van der Waals surface area contributed by atoms with E-state index < -0.39 is 28.1 Å². The Balaban J connectivity index is 1.80. The third-order valence-corrected chi connectivity index (χ3v) is 7.20. The zero-order valence-electron chi connectivity index (χ0n) is 19.6. The summed E-state index contributed by atoms with van der Waals surface area (Å²) in [6.07, 6.45) is 5.41. The highest BCUT2D eigenvalue weighted by Crippen LogP contribution is 2.31. The number of hydrogen-bond acceptors (Lipinski definition) is 5. The predicted octanol–water partition coefficient (Wildman–Crippen LogP) is 5.21. The van der Waals surface area contributed by atoms with Crippen LogP contribution in [0.25, 0.3) is 16.7 Å². The number of aromatic nitrogens is 3. The van der Waals surface area contributed by atoms with E-state index in [2.05, 4.69) is 4.98 Å². The molecule has 0 saturated carbocycles. The van der Waals surface area contributed by atoms with Crippen molar-refractivity contribution in [3.05, 3.63) is 71.2 Å². The summed E-state index contributed by atoms with van der Waals surface area (Å²) in [4.78, 5) is 16.9. The molecule has 0 N–H and O–H groups in total. The molecule has 8 nitrogen and oxygen atoms in total. The highest BCUT2D eigenvalue weighted by atomic mass is 35.5. The molecular weight excluding hydrogens is 511 g/mol. The van der Waals surface area contributed by atoms with E-state index >= 15 is 0 Å². The number of carbonyl (C=O) groups excluding carboxylic acids is 1. The van der Waals surface area contributed by atoms with Crippen molar-refractivity contribution in [2.45, 2.75) is 31.3 Å². The zero-order valence-corrected chi connectivity index (χ0v) is 21.9. The van der Waals surface area contributed by atoms with Gasteiger partial charge in [0.2, 0.25) is 0 Å². The van der Waals surface area contributed by atoms with Gasteiger partial charge in [-0.1, -0.05) is 23.2 Å². The van der Waals surface area contributed by atoms with Gasteiger partial charge in [0.1, 0.15) is 12.1 Å². The van der Waals surface area contributed by atoms with Crippen molar-refractivity contribution in [2.24, 2.45) is 7.05 Å². The molecule has 0 amide bonds. The lowest BCUT2D eigenvalue weighted by molar-refractivity contribution is -0.152. The fourth-order valence-corrected chi connectivity index (χ4v) is 5.75. The molecule has 0 radical (unpaired) electrons. The highest BCUT2D eigenvalue weighted by molar-refractivity contribution is 7.92. The Bertz CT molecular complexity index is 1500. The monoisotopic (exact) mass is 534 g/mol. The van der Waals surface area contributed by atoms with Gasteiger partial charge in [0, 0.05) is 34.9 Å². The highest BCUT2D eigenvalue weighted by Gasteiger charge is 2.30. The number of esters is 1. The van der Waals surface area contributed by atoms with Crippen molar-refractivity contribution >= 4 is 55.8 Å². The van der Waals surface area contributed by atoms with E-state index in [1.54, 1.807) is 45.3 Å².